The van der Waals surface area contributed by atoms with E-state index in [9.17, 15) is 0 Å². The molecule has 1 saturated carbocycles. The molecule has 0 aromatic rings. The Labute approximate surface area is 107 Å². The van der Waals surface area contributed by atoms with E-state index in [1.54, 1.807) is 0 Å². The number of hydrogen-bond acceptors (Lipinski definition) is 3. The Morgan fingerprint density at radius 1 is 1.35 bits per heavy atom. The van der Waals surface area contributed by atoms with Crippen molar-refractivity contribution in [2.24, 2.45) is 0 Å². The lowest BCUT2D eigenvalue weighted by Crippen LogP contribution is -2.40. The average molecular weight is 239 g/mol. The van der Waals surface area contributed by atoms with Crippen molar-refractivity contribution < 1.29 is 0 Å². The topological polar surface area (TPSA) is 18.5 Å². The Morgan fingerprint density at radius 2 is 2.12 bits per heavy atom. The minimum atomic E-state index is 0.711. The van der Waals surface area contributed by atoms with Crippen molar-refractivity contribution in [3.8, 4) is 0 Å². The molecule has 1 N–H and O–H groups in total. The smallest absolute Gasteiger partial charge is 0.0207 e. The van der Waals surface area contributed by atoms with Crippen LogP contribution < -0.4 is 5.32 Å². The first-order chi connectivity index (χ1) is 8.20. The second-order valence-electron chi connectivity index (χ2n) is 5.90. The van der Waals surface area contributed by atoms with Crippen molar-refractivity contribution in [1.29, 1.82) is 0 Å². The predicted octanol–water partition coefficient (Wildman–Crippen LogP) is 1.54. The third kappa shape index (κ3) is 3.94. The normalized spacial score (nSPS) is 27.9. The number of nitrogens with zero attached hydrogens (tertiary/aromatic N) is 2. The second kappa shape index (κ2) is 6.17. The highest BCUT2D eigenvalue weighted by molar-refractivity contribution is 4.91. The van der Waals surface area contributed by atoms with Crippen LogP contribution >= 0.6 is 0 Å². The van der Waals surface area contributed by atoms with E-state index in [1.807, 2.05) is 0 Å². The molecule has 2 aliphatic rings. The quantitative estimate of drug-likeness (QED) is 0.727. The first-order valence-corrected chi connectivity index (χ1v) is 7.38. The summed E-state index contributed by atoms with van der Waals surface area (Å²) in [5.41, 5.74) is 0. The molecule has 1 saturated heterocycles. The zero-order valence-corrected chi connectivity index (χ0v) is 11.8. The van der Waals surface area contributed by atoms with E-state index in [-0.39, 0.29) is 0 Å². The molecule has 2 rings (SSSR count). The largest absolute Gasteiger partial charge is 0.311 e. The van der Waals surface area contributed by atoms with Gasteiger partial charge < -0.3 is 10.2 Å². The fourth-order valence-electron chi connectivity index (χ4n) is 2.70. The van der Waals surface area contributed by atoms with E-state index < -0.39 is 0 Å². The molecule has 17 heavy (non-hydrogen) atoms. The predicted molar refractivity (Wildman–Crippen MR) is 73.4 cm³/mol. The summed E-state index contributed by atoms with van der Waals surface area (Å²) in [6.07, 6.45) is 5.49. The van der Waals surface area contributed by atoms with Crippen molar-refractivity contribution in [3.05, 3.63) is 0 Å². The third-order valence-corrected chi connectivity index (χ3v) is 4.52. The van der Waals surface area contributed by atoms with E-state index in [2.05, 4.69) is 36.0 Å². The zero-order valence-electron chi connectivity index (χ0n) is 11.8. The standard InChI is InChI=1S/C14H29N3/c1-4-12(2)16(3)10-8-15-13-7-9-17(11-13)14-5-6-14/h12-15H,4-11H2,1-3H3. The van der Waals surface area contributed by atoms with Crippen LogP contribution in [0.15, 0.2) is 0 Å². The molecular weight excluding hydrogens is 210 g/mol. The summed E-state index contributed by atoms with van der Waals surface area (Å²) in [4.78, 5) is 5.14. The van der Waals surface area contributed by atoms with E-state index >= 15 is 0 Å². The zero-order chi connectivity index (χ0) is 12.3. The molecule has 0 bridgehead atoms. The summed E-state index contributed by atoms with van der Waals surface area (Å²) >= 11 is 0. The van der Waals surface area contributed by atoms with Crippen molar-refractivity contribution in [2.75, 3.05) is 33.2 Å². The molecule has 1 aliphatic heterocycles. The number of rotatable bonds is 7. The van der Waals surface area contributed by atoms with Gasteiger partial charge in [-0.1, -0.05) is 6.92 Å². The van der Waals surface area contributed by atoms with E-state index in [1.165, 1.54) is 45.3 Å². The van der Waals surface area contributed by atoms with E-state index in [4.69, 9.17) is 0 Å². The lowest BCUT2D eigenvalue weighted by Gasteiger charge is -2.24. The highest BCUT2D eigenvalue weighted by atomic mass is 15.2. The molecule has 3 heteroatoms. The third-order valence-electron chi connectivity index (χ3n) is 4.52. The van der Waals surface area contributed by atoms with Crippen LogP contribution in [-0.4, -0.2) is 61.2 Å². The molecule has 0 spiro atoms. The first-order valence-electron chi connectivity index (χ1n) is 7.38. The summed E-state index contributed by atoms with van der Waals surface area (Å²) in [6.45, 7) is 9.50. The maximum Gasteiger partial charge on any atom is 0.0207 e. The van der Waals surface area contributed by atoms with Gasteiger partial charge in [0, 0.05) is 44.3 Å². The monoisotopic (exact) mass is 239 g/mol. The molecule has 2 fully saturated rings. The summed E-state index contributed by atoms with van der Waals surface area (Å²) in [5, 5.41) is 3.72. The van der Waals surface area contributed by atoms with Crippen molar-refractivity contribution in [2.45, 2.75) is 57.7 Å². The van der Waals surface area contributed by atoms with Gasteiger partial charge in [0.15, 0.2) is 0 Å². The molecule has 100 valence electrons. The Bertz CT molecular complexity index is 228. The van der Waals surface area contributed by atoms with E-state index in [0.717, 1.165) is 18.6 Å². The summed E-state index contributed by atoms with van der Waals surface area (Å²) in [6, 6.07) is 2.41. The van der Waals surface area contributed by atoms with Crippen LogP contribution in [0.1, 0.15) is 39.5 Å². The maximum absolute atomic E-state index is 3.72. The fraction of sp³-hybridized carbons (Fsp3) is 1.00. The molecule has 0 amide bonds. The highest BCUT2D eigenvalue weighted by Gasteiger charge is 2.33. The maximum atomic E-state index is 3.72. The van der Waals surface area contributed by atoms with Gasteiger partial charge in [0.25, 0.3) is 0 Å². The van der Waals surface area contributed by atoms with Crippen molar-refractivity contribution in [3.63, 3.8) is 0 Å². The SMILES string of the molecule is CCC(C)N(C)CCNC1CCN(C2CC2)C1. The average Bonchev–Trinajstić information content (AvgIpc) is 3.08. The molecular formula is C14H29N3. The van der Waals surface area contributed by atoms with Crippen molar-refractivity contribution in [1.82, 2.24) is 15.1 Å². The summed E-state index contributed by atoms with van der Waals surface area (Å²) in [5.74, 6) is 0. The molecule has 0 aromatic heterocycles. The number of likely N-dealkylation sites (tertiary alicyclic amines) is 1. The fourth-order valence-corrected chi connectivity index (χ4v) is 2.70. The van der Waals surface area contributed by atoms with Gasteiger partial charge in [-0.3, -0.25) is 4.90 Å². The molecule has 2 unspecified atom stereocenters. The Morgan fingerprint density at radius 3 is 2.76 bits per heavy atom. The second-order valence-corrected chi connectivity index (χ2v) is 5.90. The molecule has 1 aliphatic carbocycles. The molecule has 2 atom stereocenters. The number of hydrogen-bond donors (Lipinski definition) is 1. The Hall–Kier alpha value is -0.120. The van der Waals surface area contributed by atoms with Crippen LogP contribution in [0.5, 0.6) is 0 Å². The van der Waals surface area contributed by atoms with Crippen LogP contribution in [0.3, 0.4) is 0 Å². The number of likely N-dealkylation sites (N-methyl/N-ethyl adjacent to an activating group) is 1. The molecule has 1 heterocycles. The minimum absolute atomic E-state index is 0.711. The van der Waals surface area contributed by atoms with Crippen LogP contribution in [-0.2, 0) is 0 Å². The minimum Gasteiger partial charge on any atom is -0.311 e. The Balaban J connectivity index is 1.56. The summed E-state index contributed by atoms with van der Waals surface area (Å²) in [7, 11) is 2.24. The van der Waals surface area contributed by atoms with Gasteiger partial charge >= 0.3 is 0 Å². The van der Waals surface area contributed by atoms with Crippen LogP contribution in [0.2, 0.25) is 0 Å². The van der Waals surface area contributed by atoms with Gasteiger partial charge in [-0.2, -0.15) is 0 Å². The van der Waals surface area contributed by atoms with Gasteiger partial charge in [0.1, 0.15) is 0 Å². The Kier molecular flexibility index (Phi) is 4.83. The van der Waals surface area contributed by atoms with Gasteiger partial charge in [-0.05, 0) is 39.7 Å². The first kappa shape index (κ1) is 13.3. The summed E-state index contributed by atoms with van der Waals surface area (Å²) < 4.78 is 0. The van der Waals surface area contributed by atoms with Gasteiger partial charge in [0.2, 0.25) is 0 Å². The lowest BCUT2D eigenvalue weighted by atomic mass is 10.2. The van der Waals surface area contributed by atoms with Crippen LogP contribution in [0.4, 0.5) is 0 Å². The van der Waals surface area contributed by atoms with Gasteiger partial charge in [-0.25, -0.2) is 0 Å². The highest BCUT2D eigenvalue weighted by Crippen LogP contribution is 2.29. The van der Waals surface area contributed by atoms with Gasteiger partial charge in [0.05, 0.1) is 0 Å². The van der Waals surface area contributed by atoms with Crippen LogP contribution in [0.25, 0.3) is 0 Å². The molecule has 0 radical (unpaired) electrons. The van der Waals surface area contributed by atoms with Crippen LogP contribution in [0, 0.1) is 0 Å². The molecule has 3 nitrogen and oxygen atoms in total. The van der Waals surface area contributed by atoms with Crippen molar-refractivity contribution >= 4 is 0 Å². The number of nitrogens with one attached hydrogen (secondary N) is 1. The molecule has 0 aromatic carbocycles. The lowest BCUT2D eigenvalue weighted by molar-refractivity contribution is 0.247. The van der Waals surface area contributed by atoms with Gasteiger partial charge in [-0.15, -0.1) is 0 Å². The van der Waals surface area contributed by atoms with E-state index in [0.29, 0.717) is 6.04 Å².